The number of hydrogen-bond acceptors (Lipinski definition) is 6. The first kappa shape index (κ1) is 25.2. The van der Waals surface area contributed by atoms with Crippen LogP contribution in [0.4, 0.5) is 0 Å². The van der Waals surface area contributed by atoms with Gasteiger partial charge >= 0.3 is 0 Å². The normalized spacial score (nSPS) is 14.3. The van der Waals surface area contributed by atoms with Gasteiger partial charge in [0.2, 0.25) is 5.88 Å². The van der Waals surface area contributed by atoms with E-state index in [-0.39, 0.29) is 0 Å². The second kappa shape index (κ2) is 12.2. The van der Waals surface area contributed by atoms with Gasteiger partial charge in [0.1, 0.15) is 11.5 Å². The number of hydrogen-bond donors (Lipinski definition) is 1. The summed E-state index contributed by atoms with van der Waals surface area (Å²) in [6.45, 7) is 6.41. The first-order chi connectivity index (χ1) is 17.1. The Balaban J connectivity index is 1.59. The van der Waals surface area contributed by atoms with Gasteiger partial charge in [-0.05, 0) is 50.5 Å². The molecule has 35 heavy (non-hydrogen) atoms. The summed E-state index contributed by atoms with van der Waals surface area (Å²) in [5.74, 6) is 2.10. The maximum atomic E-state index is 10.7. The molecule has 1 aliphatic rings. The van der Waals surface area contributed by atoms with Gasteiger partial charge in [-0.3, -0.25) is 4.90 Å². The highest BCUT2D eigenvalue weighted by atomic mass is 16.5. The third-order valence-corrected chi connectivity index (χ3v) is 6.22. The number of aliphatic hydroxyl groups is 1. The average molecular weight is 480 g/mol. The highest BCUT2D eigenvalue weighted by molar-refractivity contribution is 5.44. The molecule has 1 saturated carbocycles. The lowest BCUT2D eigenvalue weighted by Gasteiger charge is -2.25. The Hall–Kier alpha value is -2.87. The molecular weight excluding hydrogens is 442 g/mol. The molecule has 1 aliphatic carbocycles. The topological polar surface area (TPSA) is 69.0 Å². The smallest absolute Gasteiger partial charge is 0.227 e. The molecule has 3 aromatic rings. The summed E-state index contributed by atoms with van der Waals surface area (Å²) in [6.07, 6.45) is 3.86. The molecule has 0 bridgehead atoms. The Kier molecular flexibility index (Phi) is 8.79. The third kappa shape index (κ3) is 6.84. The fourth-order valence-electron chi connectivity index (χ4n) is 4.12. The molecule has 1 atom stereocenters. The van der Waals surface area contributed by atoms with E-state index in [1.54, 1.807) is 7.11 Å². The van der Waals surface area contributed by atoms with Gasteiger partial charge in [0, 0.05) is 31.8 Å². The maximum absolute atomic E-state index is 10.7. The first-order valence-corrected chi connectivity index (χ1v) is 12.5. The zero-order valence-corrected chi connectivity index (χ0v) is 21.0. The van der Waals surface area contributed by atoms with E-state index in [2.05, 4.69) is 11.8 Å². The highest BCUT2D eigenvalue weighted by Gasteiger charge is 2.32. The van der Waals surface area contributed by atoms with E-state index >= 15 is 0 Å². The Morgan fingerprint density at radius 2 is 1.89 bits per heavy atom. The van der Waals surface area contributed by atoms with Gasteiger partial charge in [0.05, 0.1) is 36.8 Å². The lowest BCUT2D eigenvalue weighted by atomic mass is 10.2. The van der Waals surface area contributed by atoms with Crippen LogP contribution in [0, 0.1) is 6.92 Å². The van der Waals surface area contributed by atoms with E-state index in [1.807, 2.05) is 66.2 Å². The van der Waals surface area contributed by atoms with Crippen LogP contribution < -0.4 is 9.47 Å². The number of aliphatic hydroxyl groups excluding tert-OH is 1. The molecule has 0 aliphatic heterocycles. The summed E-state index contributed by atoms with van der Waals surface area (Å²) >= 11 is 0. The number of aromatic nitrogens is 2. The molecule has 1 unspecified atom stereocenters. The summed E-state index contributed by atoms with van der Waals surface area (Å²) < 4.78 is 19.4. The van der Waals surface area contributed by atoms with Crippen LogP contribution in [0.15, 0.2) is 54.6 Å². The van der Waals surface area contributed by atoms with Crippen molar-refractivity contribution in [3.05, 3.63) is 65.9 Å². The standard InChI is InChI=1S/C28H37N3O4/c1-4-5-16-34-20-24(32)18-30(22-14-15-22)19-27-21(2)29-31(23-10-7-6-8-11-23)28(27)35-26-13-9-12-25(17-26)33-3/h6-13,17,22,24,32H,4-5,14-16,18-20H2,1-3H3. The Morgan fingerprint density at radius 1 is 1.11 bits per heavy atom. The quantitative estimate of drug-likeness (QED) is 0.324. The van der Waals surface area contributed by atoms with Crippen LogP contribution in [0.5, 0.6) is 17.4 Å². The molecule has 0 amide bonds. The molecule has 1 aromatic heterocycles. The molecule has 7 heteroatoms. The molecule has 1 fully saturated rings. The number of methoxy groups -OCH3 is 1. The number of aryl methyl sites for hydroxylation is 1. The number of ether oxygens (including phenoxy) is 3. The molecular formula is C28H37N3O4. The van der Waals surface area contributed by atoms with Crippen molar-refractivity contribution in [2.24, 2.45) is 0 Å². The van der Waals surface area contributed by atoms with E-state index in [1.165, 1.54) is 0 Å². The Labute approximate surface area is 208 Å². The van der Waals surface area contributed by atoms with Gasteiger partial charge in [0.25, 0.3) is 0 Å². The first-order valence-electron chi connectivity index (χ1n) is 12.5. The van der Waals surface area contributed by atoms with Crippen molar-refractivity contribution in [2.45, 2.75) is 58.2 Å². The highest BCUT2D eigenvalue weighted by Crippen LogP contribution is 2.35. The van der Waals surface area contributed by atoms with Gasteiger partial charge in [0.15, 0.2) is 0 Å². The van der Waals surface area contributed by atoms with Gasteiger partial charge < -0.3 is 19.3 Å². The molecule has 1 heterocycles. The fourth-order valence-corrected chi connectivity index (χ4v) is 4.12. The number of nitrogens with zero attached hydrogens (tertiary/aromatic N) is 3. The molecule has 0 radical (unpaired) electrons. The minimum absolute atomic E-state index is 0.360. The van der Waals surface area contributed by atoms with Crippen LogP contribution in [-0.4, -0.2) is 58.8 Å². The van der Waals surface area contributed by atoms with Crippen molar-refractivity contribution in [3.63, 3.8) is 0 Å². The van der Waals surface area contributed by atoms with Crippen molar-refractivity contribution in [1.29, 1.82) is 0 Å². The molecule has 188 valence electrons. The fraction of sp³-hybridized carbons (Fsp3) is 0.464. The Morgan fingerprint density at radius 3 is 2.60 bits per heavy atom. The number of rotatable bonds is 14. The minimum Gasteiger partial charge on any atom is -0.497 e. The molecule has 0 spiro atoms. The van der Waals surface area contributed by atoms with Gasteiger partial charge in [-0.15, -0.1) is 0 Å². The number of unbranched alkanes of at least 4 members (excludes halogenated alkanes) is 1. The molecule has 1 N–H and O–H groups in total. The van der Waals surface area contributed by atoms with Crippen molar-refractivity contribution in [3.8, 4) is 23.1 Å². The lowest BCUT2D eigenvalue weighted by Crippen LogP contribution is -2.36. The van der Waals surface area contributed by atoms with Crippen LogP contribution >= 0.6 is 0 Å². The van der Waals surface area contributed by atoms with Gasteiger partial charge in [-0.1, -0.05) is 37.6 Å². The SMILES string of the molecule is CCCCOCC(O)CN(Cc1c(C)nn(-c2ccccc2)c1Oc1cccc(OC)c1)C1CC1. The summed E-state index contributed by atoms with van der Waals surface area (Å²) in [6, 6.07) is 18.1. The molecule has 7 nitrogen and oxygen atoms in total. The largest absolute Gasteiger partial charge is 0.497 e. The van der Waals surface area contributed by atoms with Crippen LogP contribution in [-0.2, 0) is 11.3 Å². The lowest BCUT2D eigenvalue weighted by molar-refractivity contribution is 0.0127. The predicted octanol–water partition coefficient (Wildman–Crippen LogP) is 5.12. The predicted molar refractivity (Wildman–Crippen MR) is 137 cm³/mol. The third-order valence-electron chi connectivity index (χ3n) is 6.22. The maximum Gasteiger partial charge on any atom is 0.227 e. The van der Waals surface area contributed by atoms with Crippen LogP contribution in [0.25, 0.3) is 5.69 Å². The summed E-state index contributed by atoms with van der Waals surface area (Å²) in [5, 5.41) is 15.5. The number of para-hydroxylation sites is 1. The van der Waals surface area contributed by atoms with E-state index in [4.69, 9.17) is 19.3 Å². The van der Waals surface area contributed by atoms with E-state index < -0.39 is 6.10 Å². The minimum atomic E-state index is -0.528. The van der Waals surface area contributed by atoms with Crippen LogP contribution in [0.3, 0.4) is 0 Å². The molecule has 2 aromatic carbocycles. The van der Waals surface area contributed by atoms with Crippen molar-refractivity contribution in [2.75, 3.05) is 26.9 Å². The average Bonchev–Trinajstić information content (AvgIpc) is 3.68. The second-order valence-electron chi connectivity index (χ2n) is 9.14. The number of benzene rings is 2. The Bertz CT molecular complexity index is 1070. The summed E-state index contributed by atoms with van der Waals surface area (Å²) in [7, 11) is 1.65. The van der Waals surface area contributed by atoms with Gasteiger partial charge in [-0.25, -0.2) is 4.68 Å². The van der Waals surface area contributed by atoms with Gasteiger partial charge in [-0.2, -0.15) is 5.10 Å². The monoisotopic (exact) mass is 479 g/mol. The van der Waals surface area contributed by atoms with Crippen LogP contribution in [0.1, 0.15) is 43.9 Å². The zero-order chi connectivity index (χ0) is 24.6. The molecule has 0 saturated heterocycles. The van der Waals surface area contributed by atoms with E-state index in [0.29, 0.717) is 44.0 Å². The molecule has 4 rings (SSSR count). The zero-order valence-electron chi connectivity index (χ0n) is 21.0. The van der Waals surface area contributed by atoms with Crippen molar-refractivity contribution < 1.29 is 19.3 Å². The van der Waals surface area contributed by atoms with Crippen molar-refractivity contribution >= 4 is 0 Å². The van der Waals surface area contributed by atoms with Crippen LogP contribution in [0.2, 0.25) is 0 Å². The second-order valence-corrected chi connectivity index (χ2v) is 9.14. The van der Waals surface area contributed by atoms with E-state index in [9.17, 15) is 5.11 Å². The van der Waals surface area contributed by atoms with Crippen molar-refractivity contribution in [1.82, 2.24) is 14.7 Å². The summed E-state index contributed by atoms with van der Waals surface area (Å²) in [4.78, 5) is 2.34. The summed E-state index contributed by atoms with van der Waals surface area (Å²) in [5.41, 5.74) is 2.86. The van der Waals surface area contributed by atoms with E-state index in [0.717, 1.165) is 48.4 Å².